The number of nitrogens with zero attached hydrogens (tertiary/aromatic N) is 4. The summed E-state index contributed by atoms with van der Waals surface area (Å²) in [5.41, 5.74) is 1.98. The van der Waals surface area contributed by atoms with Crippen molar-refractivity contribution in [3.8, 4) is 0 Å². The smallest absolute Gasteiger partial charge is 0.228 e. The minimum atomic E-state index is 0.129. The van der Waals surface area contributed by atoms with Crippen molar-refractivity contribution in [1.82, 2.24) is 14.8 Å². The Morgan fingerprint density at radius 1 is 1.38 bits per heavy atom. The van der Waals surface area contributed by atoms with Gasteiger partial charge in [-0.15, -0.1) is 0 Å². The molecule has 0 bridgehead atoms. The van der Waals surface area contributed by atoms with Crippen LogP contribution in [0, 0.1) is 0 Å². The number of amides is 1. The summed E-state index contributed by atoms with van der Waals surface area (Å²) in [6.07, 6.45) is 5.46. The van der Waals surface area contributed by atoms with Gasteiger partial charge in [-0.3, -0.25) is 14.8 Å². The largest absolute Gasteiger partial charge is 0.376 e. The summed E-state index contributed by atoms with van der Waals surface area (Å²) < 4.78 is 5.76. The molecule has 1 fully saturated rings. The molecule has 1 atom stereocenters. The van der Waals surface area contributed by atoms with Crippen LogP contribution in [0.2, 0.25) is 0 Å². The predicted octanol–water partition coefficient (Wildman–Crippen LogP) is 2.63. The van der Waals surface area contributed by atoms with Crippen LogP contribution in [0.1, 0.15) is 31.4 Å². The number of pyridine rings is 1. The van der Waals surface area contributed by atoms with Gasteiger partial charge in [0.15, 0.2) is 5.17 Å². The number of carbonyl (C=O) groups excluding carboxylic acids is 1. The Hall–Kier alpha value is -1.86. The van der Waals surface area contributed by atoms with Crippen molar-refractivity contribution in [2.24, 2.45) is 4.99 Å². The molecule has 138 valence electrons. The van der Waals surface area contributed by atoms with Crippen LogP contribution in [-0.2, 0) is 16.1 Å². The molecule has 0 N–H and O–H groups in total. The molecule has 7 heteroatoms. The lowest BCUT2D eigenvalue weighted by Gasteiger charge is -2.28. The standard InChI is InChI=1S/C19H24N4O2S/c24-18(11-16-14-26-19-21-8-4-9-23(16)19)22(13-17-6-3-10-25-17)12-15-5-1-2-7-20-15/h1-2,5,7,14,17H,3-4,6,8-13H2/t17-/m0/s1. The quantitative estimate of drug-likeness (QED) is 0.768. The molecular formula is C19H24N4O2S. The van der Waals surface area contributed by atoms with Gasteiger partial charge in [0.25, 0.3) is 0 Å². The molecule has 1 aromatic rings. The third kappa shape index (κ3) is 4.10. The Labute approximate surface area is 158 Å². The van der Waals surface area contributed by atoms with Crippen molar-refractivity contribution in [3.63, 3.8) is 0 Å². The van der Waals surface area contributed by atoms with E-state index in [-0.39, 0.29) is 12.0 Å². The first-order valence-electron chi connectivity index (χ1n) is 9.26. The van der Waals surface area contributed by atoms with Gasteiger partial charge in [-0.05, 0) is 36.8 Å². The third-order valence-electron chi connectivity index (χ3n) is 4.88. The molecule has 0 aliphatic carbocycles. The monoisotopic (exact) mass is 372 g/mol. The molecule has 0 unspecified atom stereocenters. The number of amidine groups is 1. The van der Waals surface area contributed by atoms with Crippen molar-refractivity contribution in [3.05, 3.63) is 41.2 Å². The molecule has 1 amide bonds. The van der Waals surface area contributed by atoms with Gasteiger partial charge in [0, 0.05) is 38.1 Å². The van der Waals surface area contributed by atoms with Crippen LogP contribution in [0.4, 0.5) is 0 Å². The van der Waals surface area contributed by atoms with E-state index in [0.717, 1.165) is 55.5 Å². The zero-order valence-electron chi connectivity index (χ0n) is 14.8. The molecule has 1 aromatic heterocycles. The Balaban J connectivity index is 1.44. The zero-order chi connectivity index (χ0) is 17.8. The lowest BCUT2D eigenvalue weighted by Crippen LogP contribution is -2.39. The van der Waals surface area contributed by atoms with Crippen molar-refractivity contribution in [2.75, 3.05) is 26.2 Å². The number of fused-ring (bicyclic) bond motifs is 1. The lowest BCUT2D eigenvalue weighted by atomic mass is 10.2. The average Bonchev–Trinajstić information content (AvgIpc) is 3.32. The second kappa shape index (κ2) is 8.22. The fraction of sp³-hybridized carbons (Fsp3) is 0.526. The number of carbonyl (C=O) groups is 1. The van der Waals surface area contributed by atoms with Gasteiger partial charge in [0.1, 0.15) is 0 Å². The molecule has 0 saturated carbocycles. The molecule has 6 nitrogen and oxygen atoms in total. The highest BCUT2D eigenvalue weighted by Crippen LogP contribution is 2.31. The molecule has 1 saturated heterocycles. The van der Waals surface area contributed by atoms with Crippen molar-refractivity contribution < 1.29 is 9.53 Å². The highest BCUT2D eigenvalue weighted by molar-refractivity contribution is 8.16. The van der Waals surface area contributed by atoms with Crippen molar-refractivity contribution >= 4 is 22.8 Å². The van der Waals surface area contributed by atoms with Crippen LogP contribution in [0.5, 0.6) is 0 Å². The van der Waals surface area contributed by atoms with Gasteiger partial charge < -0.3 is 14.5 Å². The molecular weight excluding hydrogens is 348 g/mol. The first-order chi connectivity index (χ1) is 12.8. The van der Waals surface area contributed by atoms with E-state index in [4.69, 9.17) is 4.74 Å². The highest BCUT2D eigenvalue weighted by Gasteiger charge is 2.29. The van der Waals surface area contributed by atoms with E-state index in [1.54, 1.807) is 18.0 Å². The van der Waals surface area contributed by atoms with Crippen LogP contribution in [0.25, 0.3) is 0 Å². The third-order valence-corrected chi connectivity index (χ3v) is 5.83. The number of aliphatic imine (C=N–C) groups is 1. The lowest BCUT2D eigenvalue weighted by molar-refractivity contribution is -0.133. The summed E-state index contributed by atoms with van der Waals surface area (Å²) in [4.78, 5) is 26.1. The number of hydrogen-bond acceptors (Lipinski definition) is 6. The van der Waals surface area contributed by atoms with Crippen molar-refractivity contribution in [1.29, 1.82) is 0 Å². The van der Waals surface area contributed by atoms with Crippen LogP contribution in [-0.4, -0.2) is 58.2 Å². The maximum atomic E-state index is 13.1. The van der Waals surface area contributed by atoms with Gasteiger partial charge in [-0.1, -0.05) is 17.8 Å². The van der Waals surface area contributed by atoms with E-state index < -0.39 is 0 Å². The highest BCUT2D eigenvalue weighted by atomic mass is 32.2. The zero-order valence-corrected chi connectivity index (χ0v) is 15.7. The van der Waals surface area contributed by atoms with Gasteiger partial charge in [-0.2, -0.15) is 0 Å². The fourth-order valence-electron chi connectivity index (χ4n) is 3.52. The van der Waals surface area contributed by atoms with E-state index in [2.05, 4.69) is 20.3 Å². The molecule has 26 heavy (non-hydrogen) atoms. The molecule has 0 spiro atoms. The Kier molecular flexibility index (Phi) is 5.55. The summed E-state index contributed by atoms with van der Waals surface area (Å²) in [6, 6.07) is 5.83. The maximum Gasteiger partial charge on any atom is 0.228 e. The molecule has 4 heterocycles. The average molecular weight is 372 g/mol. The van der Waals surface area contributed by atoms with Gasteiger partial charge >= 0.3 is 0 Å². The number of rotatable bonds is 6. The summed E-state index contributed by atoms with van der Waals surface area (Å²) in [5.74, 6) is 0.129. The predicted molar refractivity (Wildman–Crippen MR) is 103 cm³/mol. The second-order valence-electron chi connectivity index (χ2n) is 6.80. The van der Waals surface area contributed by atoms with Crippen LogP contribution >= 0.6 is 11.8 Å². The summed E-state index contributed by atoms with van der Waals surface area (Å²) in [7, 11) is 0. The van der Waals surface area contributed by atoms with Crippen LogP contribution in [0.3, 0.4) is 0 Å². The van der Waals surface area contributed by atoms with E-state index in [9.17, 15) is 4.79 Å². The molecule has 3 aliphatic heterocycles. The van der Waals surface area contributed by atoms with Gasteiger partial charge in [0.05, 0.1) is 24.8 Å². The molecule has 4 rings (SSSR count). The van der Waals surface area contributed by atoms with E-state index >= 15 is 0 Å². The number of aromatic nitrogens is 1. The van der Waals surface area contributed by atoms with E-state index in [1.807, 2.05) is 23.1 Å². The first-order valence-corrected chi connectivity index (χ1v) is 10.1. The Bertz CT molecular complexity index is 701. The van der Waals surface area contributed by atoms with Gasteiger partial charge in [-0.25, -0.2) is 0 Å². The van der Waals surface area contributed by atoms with Crippen LogP contribution in [0.15, 0.2) is 40.5 Å². The SMILES string of the molecule is O=C(CC1=CSC2=NCCCN12)N(Cc1ccccn1)C[C@@H]1CCCO1. The summed E-state index contributed by atoms with van der Waals surface area (Å²) >= 11 is 1.63. The number of hydrogen-bond donors (Lipinski definition) is 0. The maximum absolute atomic E-state index is 13.1. The number of ether oxygens (including phenoxy) is 1. The Morgan fingerprint density at radius 2 is 2.35 bits per heavy atom. The minimum Gasteiger partial charge on any atom is -0.376 e. The first kappa shape index (κ1) is 17.5. The van der Waals surface area contributed by atoms with E-state index in [0.29, 0.717) is 19.5 Å². The molecule has 0 aromatic carbocycles. The normalized spacial score (nSPS) is 22.0. The Morgan fingerprint density at radius 3 is 3.15 bits per heavy atom. The summed E-state index contributed by atoms with van der Waals surface area (Å²) in [6.45, 7) is 3.80. The summed E-state index contributed by atoms with van der Waals surface area (Å²) in [5, 5.41) is 3.11. The van der Waals surface area contributed by atoms with Gasteiger partial charge in [0.2, 0.25) is 5.91 Å². The van der Waals surface area contributed by atoms with Crippen molar-refractivity contribution in [2.45, 2.75) is 38.3 Å². The number of thioether (sulfide) groups is 1. The van der Waals surface area contributed by atoms with Crippen LogP contribution < -0.4 is 0 Å². The minimum absolute atomic E-state index is 0.129. The molecule has 3 aliphatic rings. The molecule has 0 radical (unpaired) electrons. The fourth-order valence-corrected chi connectivity index (χ4v) is 4.47. The topological polar surface area (TPSA) is 58.0 Å². The van der Waals surface area contributed by atoms with E-state index in [1.165, 1.54) is 0 Å². The second-order valence-corrected chi connectivity index (χ2v) is 7.64.